The molecule has 5 aromatic rings. The van der Waals surface area contributed by atoms with Crippen LogP contribution in [0.1, 0.15) is 15.4 Å². The van der Waals surface area contributed by atoms with Crippen LogP contribution in [-0.2, 0) is 6.54 Å². The second-order valence-corrected chi connectivity index (χ2v) is 8.64. The van der Waals surface area contributed by atoms with Gasteiger partial charge < -0.3 is 4.74 Å². The summed E-state index contributed by atoms with van der Waals surface area (Å²) >= 11 is 1.31. The number of benzene rings is 2. The van der Waals surface area contributed by atoms with Crippen LogP contribution in [0.5, 0.6) is 5.75 Å². The summed E-state index contributed by atoms with van der Waals surface area (Å²) in [5.41, 5.74) is 2.07. The van der Waals surface area contributed by atoms with E-state index in [0.29, 0.717) is 27.4 Å². The number of hydrogen-bond acceptors (Lipinski definition) is 7. The van der Waals surface area contributed by atoms with Crippen molar-refractivity contribution >= 4 is 34.1 Å². The van der Waals surface area contributed by atoms with Crippen LogP contribution in [-0.4, -0.2) is 32.2 Å². The summed E-state index contributed by atoms with van der Waals surface area (Å²) < 4.78 is 41.2. The Hall–Kier alpha value is -4.38. The Morgan fingerprint density at radius 2 is 1.64 bits per heavy atom. The Bertz CT molecular complexity index is 1510. The van der Waals surface area contributed by atoms with Crippen LogP contribution >= 0.6 is 11.3 Å². The first-order valence-electron chi connectivity index (χ1n) is 10.6. The molecule has 2 aromatic carbocycles. The van der Waals surface area contributed by atoms with Gasteiger partial charge in [0.1, 0.15) is 22.3 Å². The minimum Gasteiger partial charge on any atom is -0.406 e. The third-order valence-electron chi connectivity index (χ3n) is 5.04. The van der Waals surface area contributed by atoms with Gasteiger partial charge in [0.15, 0.2) is 0 Å². The van der Waals surface area contributed by atoms with Crippen LogP contribution in [0.25, 0.3) is 21.6 Å². The number of fused-ring (bicyclic) bond motifs is 1. The average molecular weight is 507 g/mol. The molecular formula is C25H16F3N5O2S. The standard InChI is InChI=1S/C25H16F3N5O2S/c26-25(27,28)35-17-10-8-16(9-11-17)23-31-13-18(36-23)15-33(22-7-3-4-12-29-22)24(34)21-14-30-19-5-1-2-6-20(19)32-21/h1-14H,15H2. The number of ether oxygens (including phenoxy) is 1. The first kappa shape index (κ1) is 23.4. The Kier molecular flexibility index (Phi) is 6.30. The van der Waals surface area contributed by atoms with Crippen LogP contribution < -0.4 is 9.64 Å². The van der Waals surface area contributed by atoms with E-state index in [9.17, 15) is 18.0 Å². The number of aromatic nitrogens is 4. The molecule has 0 unspecified atom stereocenters. The Balaban J connectivity index is 1.41. The highest BCUT2D eigenvalue weighted by molar-refractivity contribution is 7.15. The second-order valence-electron chi connectivity index (χ2n) is 7.53. The topological polar surface area (TPSA) is 81.1 Å². The van der Waals surface area contributed by atoms with Crippen molar-refractivity contribution in [3.05, 3.63) is 95.9 Å². The monoisotopic (exact) mass is 507 g/mol. The summed E-state index contributed by atoms with van der Waals surface area (Å²) in [5.74, 6) is -0.261. The number of hydrogen-bond donors (Lipinski definition) is 0. The molecule has 3 aromatic heterocycles. The van der Waals surface area contributed by atoms with Gasteiger partial charge in [-0.1, -0.05) is 18.2 Å². The largest absolute Gasteiger partial charge is 0.573 e. The van der Waals surface area contributed by atoms with Crippen molar-refractivity contribution < 1.29 is 22.7 Å². The molecule has 0 saturated carbocycles. The fourth-order valence-electron chi connectivity index (χ4n) is 3.44. The van der Waals surface area contributed by atoms with Crippen LogP contribution in [0.4, 0.5) is 19.0 Å². The summed E-state index contributed by atoms with van der Waals surface area (Å²) in [5, 5.41) is 0.586. The summed E-state index contributed by atoms with van der Waals surface area (Å²) in [7, 11) is 0. The van der Waals surface area contributed by atoms with Gasteiger partial charge in [-0.2, -0.15) is 0 Å². The highest BCUT2D eigenvalue weighted by Gasteiger charge is 2.31. The number of nitrogens with zero attached hydrogens (tertiary/aromatic N) is 5. The SMILES string of the molecule is O=C(c1cnc2ccccc2n1)N(Cc1cnc(-c2ccc(OC(F)(F)F)cc2)s1)c1ccccn1. The van der Waals surface area contributed by atoms with Crippen LogP contribution in [0.15, 0.2) is 85.3 Å². The third-order valence-corrected chi connectivity index (χ3v) is 6.07. The minimum absolute atomic E-state index is 0.164. The van der Waals surface area contributed by atoms with E-state index < -0.39 is 6.36 Å². The van der Waals surface area contributed by atoms with Gasteiger partial charge >= 0.3 is 6.36 Å². The lowest BCUT2D eigenvalue weighted by molar-refractivity contribution is -0.274. The van der Waals surface area contributed by atoms with Crippen molar-refractivity contribution in [2.45, 2.75) is 12.9 Å². The number of carbonyl (C=O) groups excluding carboxylic acids is 1. The van der Waals surface area contributed by atoms with Gasteiger partial charge in [-0.05, 0) is 48.5 Å². The lowest BCUT2D eigenvalue weighted by Crippen LogP contribution is -2.31. The van der Waals surface area contributed by atoms with Crippen molar-refractivity contribution in [2.75, 3.05) is 4.90 Å². The van der Waals surface area contributed by atoms with E-state index in [2.05, 4.69) is 24.7 Å². The molecule has 36 heavy (non-hydrogen) atoms. The number of thiazole rings is 1. The highest BCUT2D eigenvalue weighted by Crippen LogP contribution is 2.30. The molecule has 3 heterocycles. The number of pyridine rings is 1. The Morgan fingerprint density at radius 1 is 0.889 bits per heavy atom. The maximum Gasteiger partial charge on any atom is 0.573 e. The van der Waals surface area contributed by atoms with Crippen molar-refractivity contribution in [1.82, 2.24) is 19.9 Å². The molecular weight excluding hydrogens is 491 g/mol. The van der Waals surface area contributed by atoms with Crippen LogP contribution in [0.3, 0.4) is 0 Å². The van der Waals surface area contributed by atoms with Crippen LogP contribution in [0, 0.1) is 0 Å². The fourth-order valence-corrected chi connectivity index (χ4v) is 4.34. The maximum absolute atomic E-state index is 13.5. The number of alkyl halides is 3. The predicted octanol–water partition coefficient (Wildman–Crippen LogP) is 5.89. The first-order chi connectivity index (χ1) is 17.4. The minimum atomic E-state index is -4.76. The quantitative estimate of drug-likeness (QED) is 0.285. The number of rotatable bonds is 6. The molecule has 0 aliphatic rings. The van der Waals surface area contributed by atoms with Gasteiger partial charge in [0.25, 0.3) is 5.91 Å². The molecule has 7 nitrogen and oxygen atoms in total. The lowest BCUT2D eigenvalue weighted by atomic mass is 10.2. The van der Waals surface area contributed by atoms with E-state index in [1.807, 2.05) is 18.2 Å². The van der Waals surface area contributed by atoms with Crippen molar-refractivity contribution in [3.63, 3.8) is 0 Å². The molecule has 0 spiro atoms. The molecule has 0 bridgehead atoms. The number of carbonyl (C=O) groups is 1. The molecule has 0 radical (unpaired) electrons. The molecule has 0 fully saturated rings. The molecule has 0 aliphatic heterocycles. The summed E-state index contributed by atoms with van der Waals surface area (Å²) in [6.45, 7) is 0.164. The molecule has 0 saturated heterocycles. The predicted molar refractivity (Wildman–Crippen MR) is 129 cm³/mol. The van der Waals surface area contributed by atoms with Crippen molar-refractivity contribution in [1.29, 1.82) is 0 Å². The molecule has 1 amide bonds. The number of amides is 1. The number of anilines is 1. The zero-order valence-electron chi connectivity index (χ0n) is 18.4. The third kappa shape index (κ3) is 5.31. The average Bonchev–Trinajstić information content (AvgIpc) is 3.35. The molecule has 180 valence electrons. The van der Waals surface area contributed by atoms with Gasteiger partial charge in [0.05, 0.1) is 23.8 Å². The summed E-state index contributed by atoms with van der Waals surface area (Å²) in [4.78, 5) is 33.2. The normalized spacial score (nSPS) is 11.4. The van der Waals surface area contributed by atoms with E-state index in [4.69, 9.17) is 0 Å². The van der Waals surface area contributed by atoms with E-state index >= 15 is 0 Å². The second kappa shape index (κ2) is 9.70. The van der Waals surface area contributed by atoms with Gasteiger partial charge in [-0.3, -0.25) is 14.7 Å². The maximum atomic E-state index is 13.5. The van der Waals surface area contributed by atoms with Gasteiger partial charge in [0.2, 0.25) is 0 Å². The summed E-state index contributed by atoms with van der Waals surface area (Å²) in [6, 6.07) is 18.0. The van der Waals surface area contributed by atoms with Gasteiger partial charge in [-0.25, -0.2) is 15.0 Å². The van der Waals surface area contributed by atoms with Gasteiger partial charge in [-0.15, -0.1) is 24.5 Å². The van der Waals surface area contributed by atoms with Crippen molar-refractivity contribution in [2.24, 2.45) is 0 Å². The molecule has 0 N–H and O–H groups in total. The molecule has 0 aliphatic carbocycles. The zero-order chi connectivity index (χ0) is 25.1. The van der Waals surface area contributed by atoms with Crippen LogP contribution in [0.2, 0.25) is 0 Å². The highest BCUT2D eigenvalue weighted by atomic mass is 32.1. The van der Waals surface area contributed by atoms with E-state index in [0.717, 1.165) is 4.88 Å². The lowest BCUT2D eigenvalue weighted by Gasteiger charge is -2.20. The smallest absolute Gasteiger partial charge is 0.406 e. The Morgan fingerprint density at radius 3 is 2.36 bits per heavy atom. The van der Waals surface area contributed by atoms with E-state index in [1.165, 1.54) is 46.7 Å². The van der Waals surface area contributed by atoms with Gasteiger partial charge in [0, 0.05) is 22.8 Å². The molecule has 11 heteroatoms. The summed E-state index contributed by atoms with van der Waals surface area (Å²) in [6.07, 6.45) is -0.115. The number of halogens is 3. The zero-order valence-corrected chi connectivity index (χ0v) is 19.2. The fraction of sp³-hybridized carbons (Fsp3) is 0.0800. The molecule has 5 rings (SSSR count). The first-order valence-corrected chi connectivity index (χ1v) is 11.4. The molecule has 0 atom stereocenters. The van der Waals surface area contributed by atoms with Crippen molar-refractivity contribution in [3.8, 4) is 16.3 Å². The number of para-hydroxylation sites is 2. The van der Waals surface area contributed by atoms with E-state index in [-0.39, 0.29) is 23.9 Å². The Labute approximate surface area is 206 Å². The van der Waals surface area contributed by atoms with E-state index in [1.54, 1.807) is 36.7 Å².